The minimum absolute atomic E-state index is 0.149. The van der Waals surface area contributed by atoms with Gasteiger partial charge in [-0.3, -0.25) is 4.98 Å². The van der Waals surface area contributed by atoms with Gasteiger partial charge in [0.05, 0.1) is 11.1 Å². The summed E-state index contributed by atoms with van der Waals surface area (Å²) in [7, 11) is 0. The molecule has 2 aromatic heterocycles. The molecule has 17 heavy (non-hydrogen) atoms. The smallest absolute Gasteiger partial charge is 0.244 e. The Morgan fingerprint density at radius 3 is 2.88 bits per heavy atom. The van der Waals surface area contributed by atoms with E-state index in [4.69, 9.17) is 21.9 Å². The topological polar surface area (TPSA) is 77.8 Å². The van der Waals surface area contributed by atoms with Crippen LogP contribution < -0.4 is 5.73 Å². The van der Waals surface area contributed by atoms with Gasteiger partial charge in [0.25, 0.3) is 0 Å². The minimum atomic E-state index is -0.149. The molecule has 88 valence electrons. The largest absolute Gasteiger partial charge is 0.337 e. The predicted octanol–water partition coefficient (Wildman–Crippen LogP) is 2.19. The van der Waals surface area contributed by atoms with Gasteiger partial charge in [-0.2, -0.15) is 4.98 Å². The van der Waals surface area contributed by atoms with Gasteiger partial charge in [-0.05, 0) is 30.9 Å². The zero-order valence-electron chi connectivity index (χ0n) is 9.01. The maximum Gasteiger partial charge on any atom is 0.244 e. The molecule has 2 N–H and O–H groups in total. The summed E-state index contributed by atoms with van der Waals surface area (Å²) in [4.78, 5) is 8.39. The van der Waals surface area contributed by atoms with Crippen LogP contribution >= 0.6 is 11.6 Å². The molecule has 3 rings (SSSR count). The Kier molecular flexibility index (Phi) is 2.57. The van der Waals surface area contributed by atoms with Crippen LogP contribution in [0.2, 0.25) is 5.02 Å². The zero-order chi connectivity index (χ0) is 11.8. The lowest BCUT2D eigenvalue weighted by atomic mass is 10.2. The van der Waals surface area contributed by atoms with Crippen molar-refractivity contribution in [2.45, 2.75) is 18.9 Å². The molecule has 6 heteroatoms. The standard InChI is InChI=1S/C11H11ClN4O/c12-7-3-4-8(14-5-7)10-15-11(17-16-10)9(13)6-1-2-6/h3-6,9H,1-2,13H2. The molecule has 2 heterocycles. The molecule has 1 atom stereocenters. The fourth-order valence-corrected chi connectivity index (χ4v) is 1.75. The van der Waals surface area contributed by atoms with Gasteiger partial charge < -0.3 is 10.3 Å². The SMILES string of the molecule is NC(c1nc(-c2ccc(Cl)cn2)no1)C1CC1. The van der Waals surface area contributed by atoms with Crippen LogP contribution in [0.5, 0.6) is 0 Å². The summed E-state index contributed by atoms with van der Waals surface area (Å²) < 4.78 is 5.15. The van der Waals surface area contributed by atoms with Gasteiger partial charge in [0.2, 0.25) is 11.7 Å². The third kappa shape index (κ3) is 2.16. The monoisotopic (exact) mass is 250 g/mol. The van der Waals surface area contributed by atoms with Crippen LogP contribution in [0.1, 0.15) is 24.8 Å². The van der Waals surface area contributed by atoms with Crippen molar-refractivity contribution in [1.29, 1.82) is 0 Å². The molecule has 1 aliphatic rings. The first-order chi connectivity index (χ1) is 8.24. The number of pyridine rings is 1. The number of nitrogens with zero attached hydrogens (tertiary/aromatic N) is 3. The predicted molar refractivity (Wildman–Crippen MR) is 62.2 cm³/mol. The number of halogens is 1. The molecule has 0 aromatic carbocycles. The normalized spacial score (nSPS) is 17.1. The number of rotatable bonds is 3. The highest BCUT2D eigenvalue weighted by atomic mass is 35.5. The van der Waals surface area contributed by atoms with Gasteiger partial charge in [-0.25, -0.2) is 0 Å². The van der Waals surface area contributed by atoms with Gasteiger partial charge in [0, 0.05) is 6.20 Å². The molecule has 0 spiro atoms. The van der Waals surface area contributed by atoms with Crippen molar-refractivity contribution in [3.05, 3.63) is 29.2 Å². The van der Waals surface area contributed by atoms with Crippen LogP contribution in [0.15, 0.2) is 22.9 Å². The summed E-state index contributed by atoms with van der Waals surface area (Å²) in [5, 5.41) is 4.45. The number of hydrogen-bond donors (Lipinski definition) is 1. The van der Waals surface area contributed by atoms with E-state index in [2.05, 4.69) is 15.1 Å². The summed E-state index contributed by atoms with van der Waals surface area (Å²) in [6, 6.07) is 3.34. The lowest BCUT2D eigenvalue weighted by Gasteiger charge is -2.01. The second-order valence-corrected chi connectivity index (χ2v) is 4.62. The van der Waals surface area contributed by atoms with E-state index in [9.17, 15) is 0 Å². The average Bonchev–Trinajstić information content (AvgIpc) is 3.07. The Balaban J connectivity index is 1.86. The maximum atomic E-state index is 5.98. The summed E-state index contributed by atoms with van der Waals surface area (Å²) in [6.45, 7) is 0. The van der Waals surface area contributed by atoms with Crippen molar-refractivity contribution in [2.24, 2.45) is 11.7 Å². The lowest BCUT2D eigenvalue weighted by Crippen LogP contribution is -2.12. The number of nitrogens with two attached hydrogens (primary N) is 1. The average molecular weight is 251 g/mol. The third-order valence-electron chi connectivity index (χ3n) is 2.81. The Morgan fingerprint density at radius 1 is 1.41 bits per heavy atom. The zero-order valence-corrected chi connectivity index (χ0v) is 9.76. The van der Waals surface area contributed by atoms with E-state index in [0.717, 1.165) is 12.8 Å². The second-order valence-electron chi connectivity index (χ2n) is 4.18. The maximum absolute atomic E-state index is 5.98. The molecule has 0 radical (unpaired) electrons. The Hall–Kier alpha value is -1.46. The molecule has 0 aliphatic heterocycles. The summed E-state index contributed by atoms with van der Waals surface area (Å²) in [6.07, 6.45) is 3.82. The van der Waals surface area contributed by atoms with Crippen molar-refractivity contribution >= 4 is 11.6 Å². The molecule has 1 aliphatic carbocycles. The van der Waals surface area contributed by atoms with Gasteiger partial charge in [0.1, 0.15) is 5.69 Å². The Morgan fingerprint density at radius 2 is 2.24 bits per heavy atom. The Labute approximate surface area is 103 Å². The van der Waals surface area contributed by atoms with Crippen LogP contribution in [0.3, 0.4) is 0 Å². The highest BCUT2D eigenvalue weighted by molar-refractivity contribution is 6.30. The van der Waals surface area contributed by atoms with E-state index in [-0.39, 0.29) is 6.04 Å². The molecule has 1 unspecified atom stereocenters. The third-order valence-corrected chi connectivity index (χ3v) is 3.04. The van der Waals surface area contributed by atoms with Gasteiger partial charge >= 0.3 is 0 Å². The van der Waals surface area contributed by atoms with Crippen LogP contribution in [-0.4, -0.2) is 15.1 Å². The fraction of sp³-hybridized carbons (Fsp3) is 0.364. The highest BCUT2D eigenvalue weighted by Gasteiger charge is 2.33. The van der Waals surface area contributed by atoms with Crippen LogP contribution in [-0.2, 0) is 0 Å². The highest BCUT2D eigenvalue weighted by Crippen LogP contribution is 2.39. The summed E-state index contributed by atoms with van der Waals surface area (Å²) >= 11 is 5.76. The molecular weight excluding hydrogens is 240 g/mol. The van der Waals surface area contributed by atoms with Gasteiger partial charge in [-0.15, -0.1) is 0 Å². The van der Waals surface area contributed by atoms with Crippen molar-refractivity contribution in [1.82, 2.24) is 15.1 Å². The molecule has 1 saturated carbocycles. The quantitative estimate of drug-likeness (QED) is 0.904. The summed E-state index contributed by atoms with van der Waals surface area (Å²) in [5.41, 5.74) is 6.61. The first-order valence-electron chi connectivity index (χ1n) is 5.45. The van der Waals surface area contributed by atoms with Crippen LogP contribution in [0.25, 0.3) is 11.5 Å². The molecule has 2 aromatic rings. The number of aromatic nitrogens is 3. The van der Waals surface area contributed by atoms with E-state index in [1.165, 1.54) is 0 Å². The molecule has 1 fully saturated rings. The van der Waals surface area contributed by atoms with E-state index in [1.54, 1.807) is 18.3 Å². The second kappa shape index (κ2) is 4.09. The molecule has 0 amide bonds. The first kappa shape index (κ1) is 10.7. The molecule has 0 bridgehead atoms. The molecule has 5 nitrogen and oxygen atoms in total. The van der Waals surface area contributed by atoms with Crippen LogP contribution in [0, 0.1) is 5.92 Å². The first-order valence-corrected chi connectivity index (χ1v) is 5.83. The summed E-state index contributed by atoms with van der Waals surface area (Å²) in [5.74, 6) is 1.42. The Bertz CT molecular complexity index is 521. The number of hydrogen-bond acceptors (Lipinski definition) is 5. The van der Waals surface area contributed by atoms with E-state index < -0.39 is 0 Å². The minimum Gasteiger partial charge on any atom is -0.337 e. The van der Waals surface area contributed by atoms with E-state index in [1.807, 2.05) is 0 Å². The van der Waals surface area contributed by atoms with E-state index in [0.29, 0.717) is 28.3 Å². The fourth-order valence-electron chi connectivity index (χ4n) is 1.64. The van der Waals surface area contributed by atoms with Gasteiger partial charge in [-0.1, -0.05) is 16.8 Å². The van der Waals surface area contributed by atoms with Gasteiger partial charge in [0.15, 0.2) is 0 Å². The lowest BCUT2D eigenvalue weighted by molar-refractivity contribution is 0.343. The van der Waals surface area contributed by atoms with Crippen LogP contribution in [0.4, 0.5) is 0 Å². The van der Waals surface area contributed by atoms with E-state index >= 15 is 0 Å². The van der Waals surface area contributed by atoms with Crippen molar-refractivity contribution in [2.75, 3.05) is 0 Å². The van der Waals surface area contributed by atoms with Crippen molar-refractivity contribution in [3.8, 4) is 11.5 Å². The molecule has 0 saturated heterocycles. The van der Waals surface area contributed by atoms with Crippen molar-refractivity contribution < 1.29 is 4.52 Å². The van der Waals surface area contributed by atoms with Crippen molar-refractivity contribution in [3.63, 3.8) is 0 Å². The molecular formula is C11H11ClN4O.